The van der Waals surface area contributed by atoms with Crippen LogP contribution in [0.25, 0.3) is 0 Å². The molecule has 1 atom stereocenters. The Morgan fingerprint density at radius 1 is 0.783 bits per heavy atom. The third-order valence-corrected chi connectivity index (χ3v) is 4.64. The molecule has 23 heavy (non-hydrogen) atoms. The second-order valence-corrected chi connectivity index (χ2v) is 6.29. The predicted octanol–water partition coefficient (Wildman–Crippen LogP) is 4.78. The van der Waals surface area contributed by atoms with Gasteiger partial charge in [0, 0.05) is 5.56 Å². The zero-order chi connectivity index (χ0) is 15.9. The maximum Gasteiger partial charge on any atom is 0.128 e. The summed E-state index contributed by atoms with van der Waals surface area (Å²) in [6, 6.07) is 28.5. The molecule has 0 saturated carbocycles. The molecule has 0 spiro atoms. The Bertz CT molecular complexity index is 785. The molecule has 3 aromatic carbocycles. The van der Waals surface area contributed by atoms with Crippen LogP contribution in [-0.4, -0.2) is 12.6 Å². The van der Waals surface area contributed by atoms with E-state index in [1.807, 2.05) is 54.6 Å². The fraction of sp³-hybridized carbons (Fsp3) is 0.0500. The predicted molar refractivity (Wildman–Crippen MR) is 100 cm³/mol. The molecular formula is C20H18NOP. The number of ether oxygens (including phenoxy) is 1. The van der Waals surface area contributed by atoms with Gasteiger partial charge in [-0.2, -0.15) is 0 Å². The molecule has 1 unspecified atom stereocenters. The van der Waals surface area contributed by atoms with Gasteiger partial charge >= 0.3 is 0 Å². The van der Waals surface area contributed by atoms with E-state index >= 15 is 0 Å². The average Bonchev–Trinajstić information content (AvgIpc) is 2.63. The largest absolute Gasteiger partial charge is 0.496 e. The Morgan fingerprint density at radius 3 is 2.09 bits per heavy atom. The summed E-state index contributed by atoms with van der Waals surface area (Å²) >= 11 is 0. The third-order valence-electron chi connectivity index (χ3n) is 3.40. The van der Waals surface area contributed by atoms with Crippen molar-refractivity contribution in [2.45, 2.75) is 0 Å². The lowest BCUT2D eigenvalue weighted by Gasteiger charge is -2.12. The minimum absolute atomic E-state index is 0.468. The monoisotopic (exact) mass is 319 g/mol. The van der Waals surface area contributed by atoms with Gasteiger partial charge in [-0.3, -0.25) is 0 Å². The Kier molecular flexibility index (Phi) is 5.18. The molecule has 0 aromatic heterocycles. The first kappa shape index (κ1) is 15.5. The van der Waals surface area contributed by atoms with E-state index in [0.717, 1.165) is 22.5 Å². The van der Waals surface area contributed by atoms with E-state index in [1.165, 1.54) is 5.30 Å². The molecule has 0 saturated heterocycles. The Labute approximate surface area is 138 Å². The fourth-order valence-corrected chi connectivity index (χ4v) is 3.44. The Hall–Kier alpha value is -2.44. The van der Waals surface area contributed by atoms with Gasteiger partial charge in [-0.1, -0.05) is 60.7 Å². The maximum absolute atomic E-state index is 5.53. The maximum atomic E-state index is 5.53. The number of hydrogen-bond acceptors (Lipinski definition) is 2. The number of hydrogen-bond donors (Lipinski definition) is 0. The van der Waals surface area contributed by atoms with Gasteiger partial charge in [0.15, 0.2) is 0 Å². The molecule has 114 valence electrons. The van der Waals surface area contributed by atoms with E-state index in [4.69, 9.17) is 9.73 Å². The molecule has 0 bridgehead atoms. The number of methoxy groups -OCH3 is 1. The molecule has 0 heterocycles. The molecule has 0 aliphatic rings. The molecule has 3 heteroatoms. The van der Waals surface area contributed by atoms with Gasteiger partial charge in [-0.25, -0.2) is 4.99 Å². The van der Waals surface area contributed by atoms with Crippen molar-refractivity contribution >= 4 is 25.0 Å². The van der Waals surface area contributed by atoms with Crippen LogP contribution < -0.4 is 10.0 Å². The number of rotatable bonds is 5. The topological polar surface area (TPSA) is 21.6 Å². The third kappa shape index (κ3) is 4.06. The highest BCUT2D eigenvalue weighted by Gasteiger charge is 2.11. The molecule has 0 aliphatic heterocycles. The number of benzene rings is 3. The summed E-state index contributed by atoms with van der Waals surface area (Å²) in [4.78, 5) is 4.88. The summed E-state index contributed by atoms with van der Waals surface area (Å²) in [5, 5.41) is 1.26. The van der Waals surface area contributed by atoms with E-state index in [-0.39, 0.29) is 0 Å². The van der Waals surface area contributed by atoms with Crippen molar-refractivity contribution in [3.63, 3.8) is 0 Å². The first-order chi connectivity index (χ1) is 11.4. The zero-order valence-corrected chi connectivity index (χ0v) is 13.9. The summed E-state index contributed by atoms with van der Waals surface area (Å²) in [6.07, 6.45) is 0. The molecule has 0 amide bonds. The molecule has 3 rings (SSSR count). The molecule has 0 radical (unpaired) electrons. The normalized spacial score (nSPS) is 11.8. The second kappa shape index (κ2) is 7.71. The van der Waals surface area contributed by atoms with Gasteiger partial charge in [0.25, 0.3) is 0 Å². The van der Waals surface area contributed by atoms with E-state index in [0.29, 0.717) is 8.58 Å². The van der Waals surface area contributed by atoms with Crippen molar-refractivity contribution in [2.75, 3.05) is 7.11 Å². The molecule has 0 N–H and O–H groups in total. The van der Waals surface area contributed by atoms with Gasteiger partial charge < -0.3 is 4.74 Å². The van der Waals surface area contributed by atoms with Crippen LogP contribution in [0.4, 0.5) is 5.69 Å². The number of aliphatic imine (C=N–C) groups is 1. The second-order valence-electron chi connectivity index (χ2n) is 4.99. The van der Waals surface area contributed by atoms with Crippen LogP contribution in [0.1, 0.15) is 5.56 Å². The first-order valence-corrected chi connectivity index (χ1v) is 8.46. The van der Waals surface area contributed by atoms with Gasteiger partial charge in [0.05, 0.1) is 18.2 Å². The van der Waals surface area contributed by atoms with E-state index < -0.39 is 0 Å². The van der Waals surface area contributed by atoms with E-state index in [9.17, 15) is 0 Å². The van der Waals surface area contributed by atoms with E-state index in [1.54, 1.807) is 7.11 Å². The minimum Gasteiger partial charge on any atom is -0.496 e. The van der Waals surface area contributed by atoms with E-state index in [2.05, 4.69) is 30.3 Å². The highest BCUT2D eigenvalue weighted by Crippen LogP contribution is 2.29. The number of nitrogens with zero attached hydrogens (tertiary/aromatic N) is 1. The summed E-state index contributed by atoms with van der Waals surface area (Å²) in [5.41, 5.74) is 3.03. The SMILES string of the molecule is COc1ccccc1C(=Nc1ccccc1)Pc1ccccc1. The van der Waals surface area contributed by atoms with Crippen LogP contribution in [-0.2, 0) is 0 Å². The van der Waals surface area contributed by atoms with Gasteiger partial charge in [-0.15, -0.1) is 0 Å². The van der Waals surface area contributed by atoms with Crippen LogP contribution in [0.5, 0.6) is 5.75 Å². The van der Waals surface area contributed by atoms with Crippen molar-refractivity contribution in [3.8, 4) is 5.75 Å². The van der Waals surface area contributed by atoms with Gasteiger partial charge in [-0.05, 0) is 38.2 Å². The highest BCUT2D eigenvalue weighted by molar-refractivity contribution is 7.66. The van der Waals surface area contributed by atoms with Crippen molar-refractivity contribution < 1.29 is 4.74 Å². The van der Waals surface area contributed by atoms with Crippen LogP contribution in [0, 0.1) is 0 Å². The van der Waals surface area contributed by atoms with Crippen LogP contribution in [0.3, 0.4) is 0 Å². The average molecular weight is 319 g/mol. The van der Waals surface area contributed by atoms with Crippen LogP contribution in [0.2, 0.25) is 0 Å². The zero-order valence-electron chi connectivity index (χ0n) is 12.9. The van der Waals surface area contributed by atoms with Gasteiger partial charge in [0.2, 0.25) is 0 Å². The van der Waals surface area contributed by atoms with Crippen molar-refractivity contribution in [2.24, 2.45) is 4.99 Å². The van der Waals surface area contributed by atoms with Crippen LogP contribution in [0.15, 0.2) is 89.9 Å². The summed E-state index contributed by atoms with van der Waals surface area (Å²) in [6.45, 7) is 0. The molecule has 0 fully saturated rings. The van der Waals surface area contributed by atoms with Crippen LogP contribution >= 0.6 is 8.58 Å². The van der Waals surface area contributed by atoms with Crippen molar-refractivity contribution in [3.05, 3.63) is 90.5 Å². The lowest BCUT2D eigenvalue weighted by molar-refractivity contribution is 0.414. The lowest BCUT2D eigenvalue weighted by atomic mass is 10.2. The van der Waals surface area contributed by atoms with Gasteiger partial charge in [0.1, 0.15) is 5.75 Å². The lowest BCUT2D eigenvalue weighted by Crippen LogP contribution is -2.03. The molecule has 2 nitrogen and oxygen atoms in total. The Balaban J connectivity index is 2.05. The fourth-order valence-electron chi connectivity index (χ4n) is 2.29. The standard InChI is InChI=1S/C20H18NOP/c1-22-19-15-9-8-14-18(19)20(21-16-10-4-2-5-11-16)23-17-12-6-3-7-13-17/h2-15,23H,1H3. The van der Waals surface area contributed by atoms with Crippen molar-refractivity contribution in [1.29, 1.82) is 0 Å². The molecular weight excluding hydrogens is 301 g/mol. The summed E-state index contributed by atoms with van der Waals surface area (Å²) in [5.74, 6) is 0.852. The molecule has 0 aliphatic carbocycles. The number of para-hydroxylation sites is 2. The first-order valence-electron chi connectivity index (χ1n) is 7.46. The summed E-state index contributed by atoms with van der Waals surface area (Å²) < 4.78 is 5.53. The molecule has 3 aromatic rings. The highest BCUT2D eigenvalue weighted by atomic mass is 31.1. The minimum atomic E-state index is 0.468. The van der Waals surface area contributed by atoms with Crippen molar-refractivity contribution in [1.82, 2.24) is 0 Å². The summed E-state index contributed by atoms with van der Waals surface area (Å²) in [7, 11) is 2.17. The smallest absolute Gasteiger partial charge is 0.128 e. The quantitative estimate of drug-likeness (QED) is 0.490. The Morgan fingerprint density at radius 2 is 1.39 bits per heavy atom.